The number of rotatable bonds is 4. The van der Waals surface area contributed by atoms with Crippen LogP contribution in [0.4, 0.5) is 4.79 Å². The second kappa shape index (κ2) is 8.11. The smallest absolute Gasteiger partial charge is 0.403 e. The topological polar surface area (TPSA) is 101 Å². The standard InChI is InChI=1S/C7H6N4O.C5H9ClO2/c12-5(6-8-1-2-9-6)7-10-3-4-11-7;1-4(2)3-8-5(6)7/h1-4H,(H,8,9)(H,10,11);4H,3H2,1-2H3. The molecule has 20 heavy (non-hydrogen) atoms. The molecule has 0 bridgehead atoms. The molecular formula is C12H15ClN4O3. The predicted molar refractivity (Wildman–Crippen MR) is 72.6 cm³/mol. The maximum absolute atomic E-state index is 11.4. The van der Waals surface area contributed by atoms with Crippen molar-refractivity contribution in [3.8, 4) is 0 Å². The summed E-state index contributed by atoms with van der Waals surface area (Å²) in [5.74, 6) is 0.720. The molecule has 0 saturated heterocycles. The molecule has 8 heteroatoms. The van der Waals surface area contributed by atoms with Crippen LogP contribution in [-0.2, 0) is 4.74 Å². The second-order valence-electron chi connectivity index (χ2n) is 4.15. The number of hydrogen-bond donors (Lipinski definition) is 2. The molecule has 0 amide bonds. The third kappa shape index (κ3) is 5.66. The third-order valence-electron chi connectivity index (χ3n) is 1.96. The van der Waals surface area contributed by atoms with Gasteiger partial charge in [-0.25, -0.2) is 14.8 Å². The second-order valence-corrected chi connectivity index (χ2v) is 4.46. The summed E-state index contributed by atoms with van der Waals surface area (Å²) >= 11 is 4.86. The Labute approximate surface area is 120 Å². The predicted octanol–water partition coefficient (Wildman–Crippen LogP) is 2.38. The Morgan fingerprint density at radius 1 is 1.20 bits per heavy atom. The number of carbonyl (C=O) groups excluding carboxylic acids is 2. The fraction of sp³-hybridized carbons (Fsp3) is 0.333. The van der Waals surface area contributed by atoms with Gasteiger partial charge in [-0.2, -0.15) is 0 Å². The zero-order chi connectivity index (χ0) is 15.0. The molecule has 0 aliphatic heterocycles. The molecule has 0 atom stereocenters. The molecule has 0 aliphatic rings. The molecule has 0 aliphatic carbocycles. The highest BCUT2D eigenvalue weighted by atomic mass is 35.5. The summed E-state index contributed by atoms with van der Waals surface area (Å²) in [5, 5.41) is 0. The van der Waals surface area contributed by atoms with Crippen LogP contribution >= 0.6 is 11.6 Å². The first-order chi connectivity index (χ1) is 9.50. The molecule has 0 fully saturated rings. The molecule has 0 radical (unpaired) electrons. The summed E-state index contributed by atoms with van der Waals surface area (Å²) in [7, 11) is 0. The Hall–Kier alpha value is -2.15. The van der Waals surface area contributed by atoms with Crippen molar-refractivity contribution in [2.45, 2.75) is 13.8 Å². The molecule has 7 nitrogen and oxygen atoms in total. The molecular weight excluding hydrogens is 284 g/mol. The van der Waals surface area contributed by atoms with Crippen molar-refractivity contribution in [2.75, 3.05) is 6.61 Å². The summed E-state index contributed by atoms with van der Waals surface area (Å²) in [6.07, 6.45) is 6.23. The van der Waals surface area contributed by atoms with Crippen molar-refractivity contribution < 1.29 is 14.3 Å². The van der Waals surface area contributed by atoms with Gasteiger partial charge in [-0.1, -0.05) is 13.8 Å². The van der Waals surface area contributed by atoms with E-state index in [1.54, 1.807) is 12.4 Å². The van der Waals surface area contributed by atoms with Gasteiger partial charge in [0.15, 0.2) is 11.6 Å². The molecule has 108 valence electrons. The van der Waals surface area contributed by atoms with Gasteiger partial charge in [-0.05, 0) is 5.92 Å². The van der Waals surface area contributed by atoms with Crippen LogP contribution in [0, 0.1) is 5.92 Å². The summed E-state index contributed by atoms with van der Waals surface area (Å²) in [5.41, 5.74) is -0.723. The number of carbonyl (C=O) groups is 2. The molecule has 2 aromatic heterocycles. The van der Waals surface area contributed by atoms with Crippen LogP contribution in [0.1, 0.15) is 30.3 Å². The number of nitrogens with zero attached hydrogens (tertiary/aromatic N) is 2. The summed E-state index contributed by atoms with van der Waals surface area (Å²) < 4.78 is 4.43. The van der Waals surface area contributed by atoms with Gasteiger partial charge in [0.05, 0.1) is 6.61 Å². The first-order valence-corrected chi connectivity index (χ1v) is 6.24. The van der Waals surface area contributed by atoms with E-state index in [2.05, 4.69) is 24.7 Å². The van der Waals surface area contributed by atoms with E-state index in [1.165, 1.54) is 12.4 Å². The fourth-order valence-corrected chi connectivity index (χ4v) is 1.19. The first-order valence-electron chi connectivity index (χ1n) is 5.86. The highest BCUT2D eigenvalue weighted by molar-refractivity contribution is 6.61. The SMILES string of the molecule is CC(C)COC(=O)Cl.O=C(c1ncc[nH]1)c1ncc[nH]1. The minimum Gasteiger partial charge on any atom is -0.453 e. The lowest BCUT2D eigenvalue weighted by Crippen LogP contribution is -2.05. The molecule has 0 saturated carbocycles. The molecule has 0 spiro atoms. The zero-order valence-corrected chi connectivity index (χ0v) is 11.8. The van der Waals surface area contributed by atoms with E-state index < -0.39 is 5.43 Å². The van der Waals surface area contributed by atoms with Crippen molar-refractivity contribution in [1.29, 1.82) is 0 Å². The number of nitrogens with one attached hydrogen (secondary N) is 2. The van der Waals surface area contributed by atoms with E-state index >= 15 is 0 Å². The Morgan fingerprint density at radius 2 is 1.70 bits per heavy atom. The fourth-order valence-electron chi connectivity index (χ4n) is 1.12. The van der Waals surface area contributed by atoms with Crippen molar-refractivity contribution in [3.05, 3.63) is 36.4 Å². The Balaban J connectivity index is 0.000000221. The van der Waals surface area contributed by atoms with E-state index in [0.29, 0.717) is 24.2 Å². The number of hydrogen-bond acceptors (Lipinski definition) is 5. The quantitative estimate of drug-likeness (QED) is 0.666. The Morgan fingerprint density at radius 3 is 1.95 bits per heavy atom. The average molecular weight is 299 g/mol. The molecule has 2 rings (SSSR count). The van der Waals surface area contributed by atoms with Crippen LogP contribution in [0.15, 0.2) is 24.8 Å². The van der Waals surface area contributed by atoms with Gasteiger partial charge in [-0.3, -0.25) is 4.79 Å². The number of H-pyrrole nitrogens is 2. The van der Waals surface area contributed by atoms with Gasteiger partial charge in [0.1, 0.15) is 0 Å². The van der Waals surface area contributed by atoms with Gasteiger partial charge in [0.2, 0.25) is 0 Å². The highest BCUT2D eigenvalue weighted by Crippen LogP contribution is 1.98. The monoisotopic (exact) mass is 298 g/mol. The van der Waals surface area contributed by atoms with Crippen LogP contribution in [0.25, 0.3) is 0 Å². The van der Waals surface area contributed by atoms with Gasteiger partial charge >= 0.3 is 5.43 Å². The lowest BCUT2D eigenvalue weighted by atomic mass is 10.2. The summed E-state index contributed by atoms with van der Waals surface area (Å²) in [6.45, 7) is 4.29. The number of halogens is 1. The van der Waals surface area contributed by atoms with E-state index in [-0.39, 0.29) is 5.78 Å². The Bertz CT molecular complexity index is 487. The molecule has 0 unspecified atom stereocenters. The number of aromatic amines is 2. The van der Waals surface area contributed by atoms with Gasteiger partial charge < -0.3 is 14.7 Å². The van der Waals surface area contributed by atoms with Crippen molar-refractivity contribution >= 4 is 22.8 Å². The van der Waals surface area contributed by atoms with Crippen LogP contribution in [0.2, 0.25) is 0 Å². The van der Waals surface area contributed by atoms with Crippen molar-refractivity contribution in [2.24, 2.45) is 5.92 Å². The average Bonchev–Trinajstić information content (AvgIpc) is 3.09. The first kappa shape index (κ1) is 15.9. The number of ketones is 1. The Kier molecular flexibility index (Phi) is 6.45. The summed E-state index contributed by atoms with van der Waals surface area (Å²) in [6, 6.07) is 0. The normalized spacial score (nSPS) is 9.80. The molecule has 0 aromatic carbocycles. The van der Waals surface area contributed by atoms with Gasteiger partial charge in [-0.15, -0.1) is 0 Å². The van der Waals surface area contributed by atoms with Crippen LogP contribution < -0.4 is 0 Å². The molecule has 2 aromatic rings. The highest BCUT2D eigenvalue weighted by Gasteiger charge is 2.12. The molecule has 2 heterocycles. The number of imidazole rings is 2. The number of aromatic nitrogens is 4. The van der Waals surface area contributed by atoms with Gasteiger partial charge in [0, 0.05) is 36.4 Å². The van der Waals surface area contributed by atoms with Crippen molar-refractivity contribution in [1.82, 2.24) is 19.9 Å². The largest absolute Gasteiger partial charge is 0.453 e. The lowest BCUT2D eigenvalue weighted by Gasteiger charge is -2.00. The summed E-state index contributed by atoms with van der Waals surface area (Å²) in [4.78, 5) is 34.3. The molecule has 2 N–H and O–H groups in total. The zero-order valence-electron chi connectivity index (χ0n) is 11.1. The van der Waals surface area contributed by atoms with Gasteiger partial charge in [0.25, 0.3) is 5.78 Å². The minimum absolute atomic E-state index is 0.231. The third-order valence-corrected chi connectivity index (χ3v) is 2.07. The van der Waals surface area contributed by atoms with E-state index in [1.807, 2.05) is 13.8 Å². The van der Waals surface area contributed by atoms with E-state index in [9.17, 15) is 9.59 Å². The lowest BCUT2D eigenvalue weighted by molar-refractivity contribution is 0.102. The number of ether oxygens (including phenoxy) is 1. The van der Waals surface area contributed by atoms with Crippen LogP contribution in [0.3, 0.4) is 0 Å². The maximum atomic E-state index is 11.4. The van der Waals surface area contributed by atoms with E-state index in [0.717, 1.165) is 0 Å². The van der Waals surface area contributed by atoms with Crippen LogP contribution in [-0.4, -0.2) is 37.8 Å². The maximum Gasteiger partial charge on any atom is 0.403 e. The van der Waals surface area contributed by atoms with Crippen molar-refractivity contribution in [3.63, 3.8) is 0 Å². The van der Waals surface area contributed by atoms with Crippen LogP contribution in [0.5, 0.6) is 0 Å². The van der Waals surface area contributed by atoms with E-state index in [4.69, 9.17) is 11.6 Å². The minimum atomic E-state index is -0.723.